The summed E-state index contributed by atoms with van der Waals surface area (Å²) < 4.78 is 0. The summed E-state index contributed by atoms with van der Waals surface area (Å²) in [6, 6.07) is 0. The summed E-state index contributed by atoms with van der Waals surface area (Å²) in [7, 11) is 0. The second-order valence-corrected chi connectivity index (χ2v) is 7.79. The van der Waals surface area contributed by atoms with E-state index in [0.29, 0.717) is 11.8 Å². The Morgan fingerprint density at radius 3 is 2.84 bits per heavy atom. The van der Waals surface area contributed by atoms with Crippen LogP contribution < -0.4 is 0 Å². The van der Waals surface area contributed by atoms with Gasteiger partial charge in [0.15, 0.2) is 0 Å². The Kier molecular flexibility index (Phi) is 8.17. The number of rotatable bonds is 11. The molecule has 4 nitrogen and oxygen atoms in total. The summed E-state index contributed by atoms with van der Waals surface area (Å²) in [6.07, 6.45) is 14.4. The lowest BCUT2D eigenvalue weighted by Crippen LogP contribution is -2.18. The van der Waals surface area contributed by atoms with Crippen molar-refractivity contribution in [3.8, 4) is 0 Å². The van der Waals surface area contributed by atoms with Gasteiger partial charge in [0.05, 0.1) is 12.2 Å². The number of fused-ring (bicyclic) bond motifs is 1. The fourth-order valence-electron chi connectivity index (χ4n) is 4.38. The molecule has 0 aromatic carbocycles. The van der Waals surface area contributed by atoms with Crippen LogP contribution in [-0.2, 0) is 4.79 Å². The van der Waals surface area contributed by atoms with Crippen molar-refractivity contribution >= 4 is 5.97 Å². The third-order valence-electron chi connectivity index (χ3n) is 5.75. The zero-order valence-corrected chi connectivity index (χ0v) is 15.4. The molecule has 2 rings (SSSR count). The topological polar surface area (TPSA) is 77.8 Å². The van der Waals surface area contributed by atoms with Gasteiger partial charge in [0.2, 0.25) is 0 Å². The summed E-state index contributed by atoms with van der Waals surface area (Å²) >= 11 is 0. The molecule has 0 unspecified atom stereocenters. The van der Waals surface area contributed by atoms with Gasteiger partial charge in [-0.05, 0) is 50.4 Å². The Labute approximate surface area is 151 Å². The van der Waals surface area contributed by atoms with Crippen molar-refractivity contribution in [1.82, 2.24) is 0 Å². The maximum atomic E-state index is 10.6. The van der Waals surface area contributed by atoms with Gasteiger partial charge >= 0.3 is 5.97 Å². The van der Waals surface area contributed by atoms with Gasteiger partial charge in [-0.1, -0.05) is 50.0 Å². The molecule has 0 spiro atoms. The minimum atomic E-state index is -0.719. The highest BCUT2D eigenvalue weighted by Crippen LogP contribution is 2.48. The molecular weight excluding hydrogens is 316 g/mol. The predicted molar refractivity (Wildman–Crippen MR) is 99.2 cm³/mol. The molecule has 2 aliphatic rings. The van der Waals surface area contributed by atoms with Gasteiger partial charge in [0, 0.05) is 12.3 Å². The molecule has 0 radical (unpaired) electrons. The molecule has 0 saturated heterocycles. The van der Waals surface area contributed by atoms with Crippen LogP contribution in [-0.4, -0.2) is 33.5 Å². The van der Waals surface area contributed by atoms with Gasteiger partial charge in [-0.15, -0.1) is 0 Å². The summed E-state index contributed by atoms with van der Waals surface area (Å²) in [5.41, 5.74) is 1.43. The minimum absolute atomic E-state index is 0.138. The quantitative estimate of drug-likeness (QED) is 0.388. The van der Waals surface area contributed by atoms with Crippen LogP contribution in [0.3, 0.4) is 0 Å². The maximum Gasteiger partial charge on any atom is 0.303 e. The molecule has 25 heavy (non-hydrogen) atoms. The van der Waals surface area contributed by atoms with E-state index in [4.69, 9.17) is 5.11 Å². The zero-order valence-electron chi connectivity index (χ0n) is 15.4. The summed E-state index contributed by atoms with van der Waals surface area (Å²) in [6.45, 7) is 2.16. The Morgan fingerprint density at radius 1 is 1.32 bits per heavy atom. The summed E-state index contributed by atoms with van der Waals surface area (Å²) in [5.74, 6) is 0.307. The van der Waals surface area contributed by atoms with Crippen LogP contribution in [0.2, 0.25) is 0 Å². The highest BCUT2D eigenvalue weighted by molar-refractivity contribution is 5.66. The Balaban J connectivity index is 1.78. The second-order valence-electron chi connectivity index (χ2n) is 7.79. The van der Waals surface area contributed by atoms with E-state index >= 15 is 0 Å². The monoisotopic (exact) mass is 350 g/mol. The fraction of sp³-hybridized carbons (Fsp3) is 0.762. The lowest BCUT2D eigenvalue weighted by atomic mass is 9.88. The van der Waals surface area contributed by atoms with E-state index in [1.54, 1.807) is 0 Å². The smallest absolute Gasteiger partial charge is 0.303 e. The van der Waals surface area contributed by atoms with Crippen molar-refractivity contribution < 1.29 is 20.1 Å². The Bertz CT molecular complexity index is 482. The van der Waals surface area contributed by atoms with Crippen LogP contribution in [0.5, 0.6) is 0 Å². The van der Waals surface area contributed by atoms with Gasteiger partial charge in [0.25, 0.3) is 0 Å². The first-order valence-electron chi connectivity index (χ1n) is 9.97. The number of hydrogen-bond acceptors (Lipinski definition) is 3. The average molecular weight is 350 g/mol. The SMILES string of the molecule is CCCCC[C@H](O)C=C[C@@H]1[C@H]2CC(CCCCC(=O)O)=C[C@H]2C[C@H]1O. The van der Waals surface area contributed by atoms with Gasteiger partial charge in [-0.3, -0.25) is 4.79 Å². The number of carboxylic acids is 1. The molecule has 1 fully saturated rings. The van der Waals surface area contributed by atoms with Crippen molar-refractivity contribution in [1.29, 1.82) is 0 Å². The van der Waals surface area contributed by atoms with E-state index in [-0.39, 0.29) is 18.4 Å². The molecule has 0 bridgehead atoms. The van der Waals surface area contributed by atoms with E-state index in [0.717, 1.165) is 57.8 Å². The molecule has 0 aromatic heterocycles. The normalized spacial score (nSPS) is 29.8. The van der Waals surface area contributed by atoms with Crippen molar-refractivity contribution in [3.05, 3.63) is 23.8 Å². The van der Waals surface area contributed by atoms with E-state index < -0.39 is 12.1 Å². The van der Waals surface area contributed by atoms with Gasteiger partial charge in [-0.2, -0.15) is 0 Å². The van der Waals surface area contributed by atoms with E-state index in [1.165, 1.54) is 5.57 Å². The number of aliphatic hydroxyl groups excluding tert-OH is 2. The highest BCUT2D eigenvalue weighted by atomic mass is 16.4. The molecular formula is C21H34O4. The second kappa shape index (κ2) is 10.1. The molecule has 0 heterocycles. The first-order valence-corrected chi connectivity index (χ1v) is 9.97. The number of unbranched alkanes of at least 4 members (excludes halogenated alkanes) is 3. The molecule has 0 aliphatic heterocycles. The van der Waals surface area contributed by atoms with E-state index in [9.17, 15) is 15.0 Å². The standard InChI is InChI=1S/C21H34O4/c1-2-3-4-8-17(22)10-11-18-19-13-15(7-5-6-9-21(24)25)12-16(19)14-20(18)23/h10-12,16-20,22-23H,2-9,13-14H2,1H3,(H,24,25)/t16-,17-,18+,19-,20+/m0/s1. The lowest BCUT2D eigenvalue weighted by Gasteiger charge is -2.19. The van der Waals surface area contributed by atoms with Crippen molar-refractivity contribution in [3.63, 3.8) is 0 Å². The van der Waals surface area contributed by atoms with Gasteiger partial charge in [0.1, 0.15) is 0 Å². The van der Waals surface area contributed by atoms with E-state index in [1.807, 2.05) is 12.2 Å². The predicted octanol–water partition coefficient (Wildman–Crippen LogP) is 4.07. The minimum Gasteiger partial charge on any atom is -0.481 e. The molecule has 3 N–H and O–H groups in total. The van der Waals surface area contributed by atoms with Gasteiger partial charge < -0.3 is 15.3 Å². The van der Waals surface area contributed by atoms with Crippen molar-refractivity contribution in [2.75, 3.05) is 0 Å². The van der Waals surface area contributed by atoms with Crippen LogP contribution in [0.4, 0.5) is 0 Å². The molecule has 0 aromatic rings. The molecule has 2 aliphatic carbocycles. The number of aliphatic hydroxyl groups is 2. The first-order chi connectivity index (χ1) is 12.0. The van der Waals surface area contributed by atoms with Crippen LogP contribution >= 0.6 is 0 Å². The number of carbonyl (C=O) groups is 1. The largest absolute Gasteiger partial charge is 0.481 e. The molecule has 142 valence electrons. The number of carboxylic acid groups (broad SMARTS) is 1. The number of aliphatic carboxylic acids is 1. The zero-order chi connectivity index (χ0) is 18.2. The average Bonchev–Trinajstić information content (AvgIpc) is 3.06. The summed E-state index contributed by atoms with van der Waals surface area (Å²) in [5, 5.41) is 29.1. The molecule has 1 saturated carbocycles. The Morgan fingerprint density at radius 2 is 2.12 bits per heavy atom. The van der Waals surface area contributed by atoms with Crippen LogP contribution in [0, 0.1) is 17.8 Å². The van der Waals surface area contributed by atoms with E-state index in [2.05, 4.69) is 13.0 Å². The maximum absolute atomic E-state index is 10.6. The number of hydrogen-bond donors (Lipinski definition) is 3. The van der Waals surface area contributed by atoms with Gasteiger partial charge in [-0.25, -0.2) is 0 Å². The van der Waals surface area contributed by atoms with Crippen LogP contribution in [0.1, 0.15) is 71.1 Å². The molecule has 0 amide bonds. The van der Waals surface area contributed by atoms with Crippen molar-refractivity contribution in [2.45, 2.75) is 83.3 Å². The Hall–Kier alpha value is -1.13. The molecule has 4 heteroatoms. The molecule has 5 atom stereocenters. The highest BCUT2D eigenvalue weighted by Gasteiger charge is 2.43. The third kappa shape index (κ3) is 6.27. The first kappa shape index (κ1) is 20.2. The summed E-state index contributed by atoms with van der Waals surface area (Å²) in [4.78, 5) is 10.6. The van der Waals surface area contributed by atoms with Crippen LogP contribution in [0.25, 0.3) is 0 Å². The van der Waals surface area contributed by atoms with Crippen molar-refractivity contribution in [2.24, 2.45) is 17.8 Å². The number of allylic oxidation sites excluding steroid dienone is 2. The third-order valence-corrected chi connectivity index (χ3v) is 5.75. The fourth-order valence-corrected chi connectivity index (χ4v) is 4.38. The van der Waals surface area contributed by atoms with Crippen LogP contribution in [0.15, 0.2) is 23.8 Å². The lowest BCUT2D eigenvalue weighted by molar-refractivity contribution is -0.137.